The van der Waals surface area contributed by atoms with Crippen molar-refractivity contribution in [1.82, 2.24) is 5.32 Å². The van der Waals surface area contributed by atoms with Gasteiger partial charge in [0.1, 0.15) is 5.82 Å². The largest absolute Gasteiger partial charge is 0.343 e. The molecule has 1 N–H and O–H groups in total. The van der Waals surface area contributed by atoms with Crippen molar-refractivity contribution in [1.29, 1.82) is 0 Å². The van der Waals surface area contributed by atoms with Crippen LogP contribution in [-0.4, -0.2) is 14.1 Å². The summed E-state index contributed by atoms with van der Waals surface area (Å²) >= 11 is 6.30. The van der Waals surface area contributed by atoms with Gasteiger partial charge in [0.2, 0.25) is 0 Å². The Morgan fingerprint density at radius 3 is 2.42 bits per heavy atom. The SMILES string of the molecule is CNCc1ccc(N(C)c2ccc(F)cc2)c(Cl)c1. The second kappa shape index (κ2) is 6.04. The molecule has 2 nitrogen and oxygen atoms in total. The first-order chi connectivity index (χ1) is 9.11. The Bertz CT molecular complexity index is 555. The van der Waals surface area contributed by atoms with Gasteiger partial charge in [-0.1, -0.05) is 17.7 Å². The first kappa shape index (κ1) is 13.8. The molecule has 19 heavy (non-hydrogen) atoms. The molecule has 0 saturated heterocycles. The summed E-state index contributed by atoms with van der Waals surface area (Å²) in [7, 11) is 3.80. The van der Waals surface area contributed by atoms with Crippen molar-refractivity contribution in [3.8, 4) is 0 Å². The highest BCUT2D eigenvalue weighted by Crippen LogP contribution is 2.31. The monoisotopic (exact) mass is 278 g/mol. The fourth-order valence-corrected chi connectivity index (χ4v) is 2.27. The molecule has 0 aliphatic rings. The lowest BCUT2D eigenvalue weighted by Gasteiger charge is -2.21. The van der Waals surface area contributed by atoms with Crippen LogP contribution < -0.4 is 10.2 Å². The number of hydrogen-bond donors (Lipinski definition) is 1. The van der Waals surface area contributed by atoms with Gasteiger partial charge in [0.25, 0.3) is 0 Å². The number of rotatable bonds is 4. The zero-order valence-corrected chi connectivity index (χ0v) is 11.7. The van der Waals surface area contributed by atoms with Gasteiger partial charge < -0.3 is 10.2 Å². The quantitative estimate of drug-likeness (QED) is 0.910. The van der Waals surface area contributed by atoms with Gasteiger partial charge in [-0.3, -0.25) is 0 Å². The van der Waals surface area contributed by atoms with Crippen LogP contribution in [-0.2, 0) is 6.54 Å². The van der Waals surface area contributed by atoms with Gasteiger partial charge in [0.15, 0.2) is 0 Å². The zero-order valence-electron chi connectivity index (χ0n) is 11.0. The summed E-state index contributed by atoms with van der Waals surface area (Å²) in [6, 6.07) is 12.3. The molecular weight excluding hydrogens is 263 g/mol. The summed E-state index contributed by atoms with van der Waals surface area (Å²) in [5, 5.41) is 3.76. The third kappa shape index (κ3) is 3.25. The fraction of sp³-hybridized carbons (Fsp3) is 0.200. The zero-order chi connectivity index (χ0) is 13.8. The molecule has 0 radical (unpaired) electrons. The minimum atomic E-state index is -0.243. The maximum atomic E-state index is 12.9. The predicted octanol–water partition coefficient (Wildman–Crippen LogP) is 3.97. The van der Waals surface area contributed by atoms with Crippen LogP contribution in [0.15, 0.2) is 42.5 Å². The van der Waals surface area contributed by atoms with Crippen LogP contribution in [0.1, 0.15) is 5.56 Å². The molecule has 0 atom stereocenters. The van der Waals surface area contributed by atoms with Gasteiger partial charge in [-0.05, 0) is 49.0 Å². The number of nitrogens with one attached hydrogen (secondary N) is 1. The number of nitrogens with zero attached hydrogens (tertiary/aromatic N) is 1. The average Bonchev–Trinajstić information content (AvgIpc) is 2.39. The minimum absolute atomic E-state index is 0.243. The molecule has 100 valence electrons. The summed E-state index contributed by atoms with van der Waals surface area (Å²) in [5.74, 6) is -0.243. The summed E-state index contributed by atoms with van der Waals surface area (Å²) in [4.78, 5) is 1.94. The maximum Gasteiger partial charge on any atom is 0.123 e. The number of benzene rings is 2. The molecular formula is C15H16ClFN2. The van der Waals surface area contributed by atoms with Crippen molar-refractivity contribution in [2.24, 2.45) is 0 Å². The smallest absolute Gasteiger partial charge is 0.123 e. The molecule has 2 aromatic carbocycles. The Labute approximate surface area is 117 Å². The number of halogens is 2. The Hall–Kier alpha value is -1.58. The third-order valence-corrected chi connectivity index (χ3v) is 3.27. The van der Waals surface area contributed by atoms with E-state index in [4.69, 9.17) is 11.6 Å². The standard InChI is InChI=1S/C15H16ClFN2/c1-18-10-11-3-8-15(14(16)9-11)19(2)13-6-4-12(17)5-7-13/h3-9,18H,10H2,1-2H3. The van der Waals surface area contributed by atoms with E-state index in [-0.39, 0.29) is 5.82 Å². The van der Waals surface area contributed by atoms with Crippen molar-refractivity contribution in [3.63, 3.8) is 0 Å². The lowest BCUT2D eigenvalue weighted by atomic mass is 10.2. The lowest BCUT2D eigenvalue weighted by molar-refractivity contribution is 0.628. The molecule has 2 aromatic rings. The molecule has 0 aliphatic carbocycles. The Balaban J connectivity index is 2.28. The van der Waals surface area contributed by atoms with E-state index >= 15 is 0 Å². The van der Waals surface area contributed by atoms with Crippen LogP contribution >= 0.6 is 11.6 Å². The molecule has 0 unspecified atom stereocenters. The number of hydrogen-bond acceptors (Lipinski definition) is 2. The van der Waals surface area contributed by atoms with Crippen molar-refractivity contribution >= 4 is 23.0 Å². The van der Waals surface area contributed by atoms with E-state index in [1.807, 2.05) is 37.2 Å². The van der Waals surface area contributed by atoms with E-state index in [9.17, 15) is 4.39 Å². The topological polar surface area (TPSA) is 15.3 Å². The summed E-state index contributed by atoms with van der Waals surface area (Å²) < 4.78 is 12.9. The first-order valence-corrected chi connectivity index (χ1v) is 6.42. The average molecular weight is 279 g/mol. The van der Waals surface area contributed by atoms with Gasteiger partial charge in [-0.15, -0.1) is 0 Å². The van der Waals surface area contributed by atoms with Gasteiger partial charge in [-0.25, -0.2) is 4.39 Å². The van der Waals surface area contributed by atoms with Gasteiger partial charge >= 0.3 is 0 Å². The van der Waals surface area contributed by atoms with Crippen LogP contribution in [0.25, 0.3) is 0 Å². The van der Waals surface area contributed by atoms with Crippen molar-refractivity contribution in [3.05, 3.63) is 58.9 Å². The molecule has 4 heteroatoms. The summed E-state index contributed by atoms with van der Waals surface area (Å²) in [6.07, 6.45) is 0. The lowest BCUT2D eigenvalue weighted by Crippen LogP contribution is -2.11. The van der Waals surface area contributed by atoms with E-state index in [1.165, 1.54) is 12.1 Å². The van der Waals surface area contributed by atoms with Crippen LogP contribution in [0.2, 0.25) is 5.02 Å². The second-order valence-corrected chi connectivity index (χ2v) is 4.76. The Kier molecular flexibility index (Phi) is 4.40. The Morgan fingerprint density at radius 1 is 1.16 bits per heavy atom. The molecule has 0 aromatic heterocycles. The highest BCUT2D eigenvalue weighted by molar-refractivity contribution is 6.33. The van der Waals surface area contributed by atoms with E-state index < -0.39 is 0 Å². The maximum absolute atomic E-state index is 12.9. The predicted molar refractivity (Wildman–Crippen MR) is 78.7 cm³/mol. The van der Waals surface area contributed by atoms with Gasteiger partial charge in [0, 0.05) is 19.3 Å². The molecule has 0 aliphatic heterocycles. The molecule has 0 fully saturated rings. The number of anilines is 2. The Morgan fingerprint density at radius 2 is 1.84 bits per heavy atom. The highest BCUT2D eigenvalue weighted by atomic mass is 35.5. The molecule has 0 amide bonds. The first-order valence-electron chi connectivity index (χ1n) is 6.04. The van der Waals surface area contributed by atoms with E-state index in [1.54, 1.807) is 12.1 Å². The highest BCUT2D eigenvalue weighted by Gasteiger charge is 2.09. The normalized spacial score (nSPS) is 10.5. The van der Waals surface area contributed by atoms with Crippen molar-refractivity contribution in [2.75, 3.05) is 19.0 Å². The minimum Gasteiger partial charge on any atom is -0.343 e. The fourth-order valence-electron chi connectivity index (χ4n) is 1.94. The third-order valence-electron chi connectivity index (χ3n) is 2.97. The van der Waals surface area contributed by atoms with Crippen LogP contribution in [0.3, 0.4) is 0 Å². The molecule has 0 bridgehead atoms. The molecule has 2 rings (SSSR count). The van der Waals surface area contributed by atoms with Gasteiger partial charge in [-0.2, -0.15) is 0 Å². The van der Waals surface area contributed by atoms with Crippen molar-refractivity contribution < 1.29 is 4.39 Å². The molecule has 0 saturated carbocycles. The van der Waals surface area contributed by atoms with Gasteiger partial charge in [0.05, 0.1) is 10.7 Å². The van der Waals surface area contributed by atoms with Crippen LogP contribution in [0.4, 0.5) is 15.8 Å². The van der Waals surface area contributed by atoms with Crippen LogP contribution in [0.5, 0.6) is 0 Å². The molecule has 0 spiro atoms. The van der Waals surface area contributed by atoms with E-state index in [2.05, 4.69) is 5.32 Å². The second-order valence-electron chi connectivity index (χ2n) is 4.35. The van der Waals surface area contributed by atoms with E-state index in [0.717, 1.165) is 23.5 Å². The van der Waals surface area contributed by atoms with Crippen molar-refractivity contribution in [2.45, 2.75) is 6.54 Å². The summed E-state index contributed by atoms with van der Waals surface area (Å²) in [5.41, 5.74) is 2.92. The van der Waals surface area contributed by atoms with Crippen LogP contribution in [0, 0.1) is 5.82 Å². The molecule has 0 heterocycles. The van der Waals surface area contributed by atoms with E-state index in [0.29, 0.717) is 5.02 Å². The summed E-state index contributed by atoms with van der Waals surface area (Å²) in [6.45, 7) is 0.778.